The molecule has 0 saturated carbocycles. The molecule has 0 aliphatic carbocycles. The van der Waals surface area contributed by atoms with Crippen LogP contribution in [0.2, 0.25) is 0 Å². The Morgan fingerprint density at radius 2 is 2.17 bits per heavy atom. The lowest BCUT2D eigenvalue weighted by Crippen LogP contribution is -1.79. The van der Waals surface area contributed by atoms with Crippen LogP contribution < -0.4 is 4.74 Å². The van der Waals surface area contributed by atoms with Crippen LogP contribution in [0.3, 0.4) is 0 Å². The van der Waals surface area contributed by atoms with Crippen molar-refractivity contribution in [2.45, 2.75) is 5.09 Å². The number of ether oxygens (including phenoxy) is 1. The average molecular weight is 180 g/mol. The van der Waals surface area contributed by atoms with Crippen LogP contribution in [-0.2, 0) is 0 Å². The van der Waals surface area contributed by atoms with Gasteiger partial charge in [-0.15, -0.1) is 12.6 Å². The molecular formula is C9H8O2S. The summed E-state index contributed by atoms with van der Waals surface area (Å²) in [5.41, 5.74) is 0.834. The molecule has 0 aliphatic rings. The lowest BCUT2D eigenvalue weighted by molar-refractivity contribution is 0.415. The topological polar surface area (TPSA) is 22.4 Å². The van der Waals surface area contributed by atoms with Gasteiger partial charge in [0.25, 0.3) is 0 Å². The summed E-state index contributed by atoms with van der Waals surface area (Å²) in [4.78, 5) is 0. The second kappa shape index (κ2) is 2.75. The first kappa shape index (κ1) is 7.55. The molecule has 0 radical (unpaired) electrons. The van der Waals surface area contributed by atoms with Crippen LogP contribution in [0.1, 0.15) is 0 Å². The Hall–Kier alpha value is -1.09. The van der Waals surface area contributed by atoms with Crippen molar-refractivity contribution in [1.82, 2.24) is 0 Å². The highest BCUT2D eigenvalue weighted by Gasteiger charge is 2.00. The molecule has 2 nitrogen and oxygen atoms in total. The molecular weight excluding hydrogens is 172 g/mol. The number of furan rings is 1. The zero-order valence-corrected chi connectivity index (χ0v) is 7.47. The molecule has 0 N–H and O–H groups in total. The zero-order chi connectivity index (χ0) is 8.55. The van der Waals surface area contributed by atoms with Crippen molar-refractivity contribution in [3.63, 3.8) is 0 Å². The quantitative estimate of drug-likeness (QED) is 0.682. The Morgan fingerprint density at radius 3 is 2.92 bits per heavy atom. The molecule has 2 aromatic rings. The molecule has 0 amide bonds. The van der Waals surface area contributed by atoms with E-state index in [1.54, 1.807) is 7.11 Å². The highest BCUT2D eigenvalue weighted by Crippen LogP contribution is 2.25. The third-order valence-corrected chi connectivity index (χ3v) is 1.93. The van der Waals surface area contributed by atoms with E-state index in [1.807, 2.05) is 24.3 Å². The maximum absolute atomic E-state index is 5.28. The van der Waals surface area contributed by atoms with Gasteiger partial charge in [0.05, 0.1) is 7.11 Å². The van der Waals surface area contributed by atoms with Gasteiger partial charge in [-0.2, -0.15) is 0 Å². The van der Waals surface area contributed by atoms with Crippen LogP contribution in [0.5, 0.6) is 5.75 Å². The molecule has 12 heavy (non-hydrogen) atoms. The summed E-state index contributed by atoms with van der Waals surface area (Å²) in [5, 5.41) is 1.64. The summed E-state index contributed by atoms with van der Waals surface area (Å²) in [5.74, 6) is 0.830. The fourth-order valence-corrected chi connectivity index (χ4v) is 1.37. The van der Waals surface area contributed by atoms with Gasteiger partial charge in [-0.1, -0.05) is 0 Å². The van der Waals surface area contributed by atoms with Crippen LogP contribution in [0, 0.1) is 0 Å². The molecule has 0 atom stereocenters. The smallest absolute Gasteiger partial charge is 0.158 e. The minimum absolute atomic E-state index is 0.623. The molecule has 2 rings (SSSR count). The van der Waals surface area contributed by atoms with Gasteiger partial charge in [0.15, 0.2) is 5.09 Å². The molecule has 0 bridgehead atoms. The maximum atomic E-state index is 5.28. The van der Waals surface area contributed by atoms with Crippen LogP contribution in [0.25, 0.3) is 11.0 Å². The van der Waals surface area contributed by atoms with Gasteiger partial charge in [0.2, 0.25) is 0 Å². The normalized spacial score (nSPS) is 10.5. The van der Waals surface area contributed by atoms with Gasteiger partial charge in [-0.05, 0) is 24.3 Å². The second-order valence-corrected chi connectivity index (χ2v) is 2.93. The molecule has 62 valence electrons. The molecule has 0 aliphatic heterocycles. The van der Waals surface area contributed by atoms with Gasteiger partial charge in [-0.3, -0.25) is 0 Å². The molecule has 1 aromatic carbocycles. The summed E-state index contributed by atoms with van der Waals surface area (Å²) >= 11 is 4.10. The van der Waals surface area contributed by atoms with E-state index in [4.69, 9.17) is 9.15 Å². The van der Waals surface area contributed by atoms with Crippen molar-refractivity contribution in [3.8, 4) is 5.75 Å². The minimum Gasteiger partial charge on any atom is -0.497 e. The number of thiol groups is 1. The van der Waals surface area contributed by atoms with E-state index in [1.165, 1.54) is 0 Å². The number of hydrogen-bond donors (Lipinski definition) is 1. The van der Waals surface area contributed by atoms with Crippen molar-refractivity contribution in [1.29, 1.82) is 0 Å². The predicted molar refractivity (Wildman–Crippen MR) is 50.0 cm³/mol. The number of rotatable bonds is 1. The van der Waals surface area contributed by atoms with E-state index in [0.29, 0.717) is 5.09 Å². The number of hydrogen-bond acceptors (Lipinski definition) is 3. The predicted octanol–water partition coefficient (Wildman–Crippen LogP) is 2.73. The molecule has 3 heteroatoms. The Labute approximate surface area is 75.5 Å². The number of benzene rings is 1. The van der Waals surface area contributed by atoms with E-state index in [2.05, 4.69) is 12.6 Å². The van der Waals surface area contributed by atoms with Crippen molar-refractivity contribution in [2.24, 2.45) is 0 Å². The summed E-state index contributed by atoms with van der Waals surface area (Å²) in [6.45, 7) is 0. The Balaban J connectivity index is 2.66. The van der Waals surface area contributed by atoms with Crippen molar-refractivity contribution in [3.05, 3.63) is 24.3 Å². The van der Waals surface area contributed by atoms with Crippen molar-refractivity contribution in [2.75, 3.05) is 7.11 Å². The lowest BCUT2D eigenvalue weighted by Gasteiger charge is -1.96. The molecule has 0 fully saturated rings. The van der Waals surface area contributed by atoms with Crippen molar-refractivity contribution < 1.29 is 9.15 Å². The van der Waals surface area contributed by atoms with E-state index in [9.17, 15) is 0 Å². The van der Waals surface area contributed by atoms with E-state index < -0.39 is 0 Å². The van der Waals surface area contributed by atoms with Gasteiger partial charge in [-0.25, -0.2) is 0 Å². The van der Waals surface area contributed by atoms with E-state index >= 15 is 0 Å². The van der Waals surface area contributed by atoms with Crippen LogP contribution in [0.4, 0.5) is 0 Å². The summed E-state index contributed by atoms with van der Waals surface area (Å²) in [6.07, 6.45) is 0. The molecule has 1 aromatic heterocycles. The summed E-state index contributed by atoms with van der Waals surface area (Å²) in [7, 11) is 1.64. The fraction of sp³-hybridized carbons (Fsp3) is 0.111. The second-order valence-electron chi connectivity index (χ2n) is 2.49. The van der Waals surface area contributed by atoms with Crippen LogP contribution in [0.15, 0.2) is 33.8 Å². The first-order valence-electron chi connectivity index (χ1n) is 3.56. The molecule has 0 spiro atoms. The van der Waals surface area contributed by atoms with Gasteiger partial charge in [0, 0.05) is 5.39 Å². The molecule has 1 heterocycles. The van der Waals surface area contributed by atoms with Gasteiger partial charge >= 0.3 is 0 Å². The number of methoxy groups -OCH3 is 1. The average Bonchev–Trinajstić information content (AvgIpc) is 2.43. The Kier molecular flexibility index (Phi) is 1.73. The van der Waals surface area contributed by atoms with E-state index in [-0.39, 0.29) is 0 Å². The lowest BCUT2D eigenvalue weighted by atomic mass is 10.2. The largest absolute Gasteiger partial charge is 0.497 e. The Morgan fingerprint density at radius 1 is 1.33 bits per heavy atom. The van der Waals surface area contributed by atoms with E-state index in [0.717, 1.165) is 16.7 Å². The third kappa shape index (κ3) is 1.16. The first-order chi connectivity index (χ1) is 5.79. The Bertz CT molecular complexity index is 406. The van der Waals surface area contributed by atoms with Crippen molar-refractivity contribution >= 4 is 23.6 Å². The minimum atomic E-state index is 0.623. The van der Waals surface area contributed by atoms with Crippen LogP contribution in [-0.4, -0.2) is 7.11 Å². The monoisotopic (exact) mass is 180 g/mol. The SMILES string of the molecule is COc1ccc2oc(S)cc2c1. The van der Waals surface area contributed by atoms with Gasteiger partial charge in [0.1, 0.15) is 11.3 Å². The fourth-order valence-electron chi connectivity index (χ4n) is 1.13. The first-order valence-corrected chi connectivity index (χ1v) is 4.01. The zero-order valence-electron chi connectivity index (χ0n) is 6.57. The summed E-state index contributed by atoms with van der Waals surface area (Å²) in [6, 6.07) is 7.51. The highest BCUT2D eigenvalue weighted by molar-refractivity contribution is 7.80. The summed E-state index contributed by atoms with van der Waals surface area (Å²) < 4.78 is 10.3. The van der Waals surface area contributed by atoms with Crippen LogP contribution >= 0.6 is 12.6 Å². The molecule has 0 saturated heterocycles. The maximum Gasteiger partial charge on any atom is 0.158 e. The number of fused-ring (bicyclic) bond motifs is 1. The highest BCUT2D eigenvalue weighted by atomic mass is 32.1. The molecule has 0 unspecified atom stereocenters. The third-order valence-electron chi connectivity index (χ3n) is 1.71. The van der Waals surface area contributed by atoms with Gasteiger partial charge < -0.3 is 9.15 Å². The standard InChI is InChI=1S/C9H8O2S/c1-10-7-2-3-8-6(4-7)5-9(12)11-8/h2-5,12H,1H3.